The van der Waals surface area contributed by atoms with E-state index in [0.717, 1.165) is 9.80 Å². The number of nitrogens with zero attached hydrogens (tertiary/aromatic N) is 2. The molecule has 0 fully saturated rings. The van der Waals surface area contributed by atoms with Crippen LogP contribution in [0.2, 0.25) is 0 Å². The van der Waals surface area contributed by atoms with Crippen molar-refractivity contribution in [2.75, 3.05) is 18.4 Å². The molecule has 28 heavy (non-hydrogen) atoms. The number of amides is 5. The molecule has 0 aliphatic carbocycles. The van der Waals surface area contributed by atoms with Gasteiger partial charge >= 0.3 is 12.1 Å². The van der Waals surface area contributed by atoms with Crippen LogP contribution in [-0.2, 0) is 4.74 Å². The fraction of sp³-hybridized carbons (Fsp3) is 0.474. The van der Waals surface area contributed by atoms with E-state index in [1.807, 2.05) is 0 Å². The monoisotopic (exact) mass is 390 g/mol. The Morgan fingerprint density at radius 2 is 1.79 bits per heavy atom. The van der Waals surface area contributed by atoms with Gasteiger partial charge in [0.25, 0.3) is 11.8 Å². The van der Waals surface area contributed by atoms with Crippen molar-refractivity contribution in [3.05, 3.63) is 29.3 Å². The molecule has 5 amide bonds. The van der Waals surface area contributed by atoms with E-state index in [-0.39, 0.29) is 41.9 Å². The maximum atomic E-state index is 12.5. The third-order valence-corrected chi connectivity index (χ3v) is 3.90. The molecule has 9 nitrogen and oxygen atoms in total. The van der Waals surface area contributed by atoms with Crippen LogP contribution in [0, 0.1) is 0 Å². The minimum Gasteiger partial charge on any atom is -0.443 e. The van der Waals surface area contributed by atoms with E-state index in [1.54, 1.807) is 34.6 Å². The van der Waals surface area contributed by atoms with Crippen molar-refractivity contribution < 1.29 is 23.9 Å². The second kappa shape index (κ2) is 7.97. The Morgan fingerprint density at radius 3 is 2.32 bits per heavy atom. The molecule has 0 saturated carbocycles. The first-order valence-corrected chi connectivity index (χ1v) is 8.99. The molecule has 0 unspecified atom stereocenters. The van der Waals surface area contributed by atoms with Gasteiger partial charge in [0, 0.05) is 24.8 Å². The summed E-state index contributed by atoms with van der Waals surface area (Å²) in [5, 5.41) is 2.55. The lowest BCUT2D eigenvalue weighted by molar-refractivity contribution is 0.0336. The Morgan fingerprint density at radius 1 is 1.18 bits per heavy atom. The molecule has 0 radical (unpaired) electrons. The van der Waals surface area contributed by atoms with Gasteiger partial charge in [0.05, 0.1) is 11.1 Å². The quantitative estimate of drug-likeness (QED) is 0.761. The molecule has 1 aromatic carbocycles. The van der Waals surface area contributed by atoms with E-state index in [4.69, 9.17) is 10.5 Å². The minimum atomic E-state index is -0.825. The first-order chi connectivity index (χ1) is 13.0. The molecule has 3 N–H and O–H groups in total. The molecular formula is C19H26N4O5. The zero-order valence-corrected chi connectivity index (χ0v) is 16.7. The summed E-state index contributed by atoms with van der Waals surface area (Å²) in [4.78, 5) is 51.6. The zero-order valence-electron chi connectivity index (χ0n) is 16.7. The van der Waals surface area contributed by atoms with Gasteiger partial charge < -0.3 is 15.8 Å². The maximum absolute atomic E-state index is 12.5. The van der Waals surface area contributed by atoms with E-state index in [1.165, 1.54) is 18.2 Å². The van der Waals surface area contributed by atoms with Gasteiger partial charge in [0.15, 0.2) is 0 Å². The Kier molecular flexibility index (Phi) is 6.08. The van der Waals surface area contributed by atoms with Crippen molar-refractivity contribution in [2.24, 2.45) is 5.73 Å². The molecule has 1 heterocycles. The molecule has 0 aromatic heterocycles. The second-order valence-electron chi connectivity index (χ2n) is 7.69. The number of carbonyl (C=O) groups is 4. The zero-order chi connectivity index (χ0) is 21.2. The summed E-state index contributed by atoms with van der Waals surface area (Å²) in [6.07, 6.45) is -0.825. The average Bonchev–Trinajstić information content (AvgIpc) is 2.81. The summed E-state index contributed by atoms with van der Waals surface area (Å²) in [5.41, 5.74) is 5.49. The molecule has 152 valence electrons. The largest absolute Gasteiger partial charge is 0.443 e. The van der Waals surface area contributed by atoms with Crippen LogP contribution >= 0.6 is 0 Å². The van der Waals surface area contributed by atoms with E-state index < -0.39 is 23.6 Å². The van der Waals surface area contributed by atoms with Gasteiger partial charge in [0.1, 0.15) is 5.60 Å². The maximum Gasteiger partial charge on any atom is 0.418 e. The molecule has 1 aliphatic rings. The minimum absolute atomic E-state index is 0.0375. The van der Waals surface area contributed by atoms with Crippen LogP contribution in [0.15, 0.2) is 18.2 Å². The number of carbonyl (C=O) groups excluding carboxylic acids is 4. The van der Waals surface area contributed by atoms with Gasteiger partial charge in [0.2, 0.25) is 0 Å². The fourth-order valence-electron chi connectivity index (χ4n) is 2.72. The molecule has 0 bridgehead atoms. The van der Waals surface area contributed by atoms with Crippen molar-refractivity contribution >= 4 is 29.6 Å². The van der Waals surface area contributed by atoms with Crippen LogP contribution in [-0.4, -0.2) is 58.5 Å². The average molecular weight is 390 g/mol. The third-order valence-electron chi connectivity index (χ3n) is 3.90. The third kappa shape index (κ3) is 4.48. The number of benzene rings is 1. The predicted octanol–water partition coefficient (Wildman–Crippen LogP) is 2.42. The topological polar surface area (TPSA) is 122 Å². The molecule has 1 aliphatic heterocycles. The van der Waals surface area contributed by atoms with Crippen LogP contribution in [0.1, 0.15) is 55.3 Å². The van der Waals surface area contributed by atoms with Crippen molar-refractivity contribution in [1.82, 2.24) is 9.80 Å². The van der Waals surface area contributed by atoms with Crippen molar-refractivity contribution in [3.63, 3.8) is 0 Å². The normalized spacial score (nSPS) is 13.6. The highest BCUT2D eigenvalue weighted by Crippen LogP contribution is 2.27. The molecule has 0 saturated heterocycles. The van der Waals surface area contributed by atoms with Gasteiger partial charge in [-0.05, 0) is 52.8 Å². The Labute approximate surface area is 163 Å². The summed E-state index contributed by atoms with van der Waals surface area (Å²) in [6, 6.07) is 3.39. The van der Waals surface area contributed by atoms with Crippen LogP contribution < -0.4 is 11.1 Å². The standard InChI is InChI=1S/C19H26N4O5/c1-11(2)23-15(24)13-7-6-12(10-14(13)16(23)25)21-17(26)22(9-8-20)18(27)28-19(3,4)5/h6-7,10-11H,8-9,20H2,1-5H3,(H,21,26). The van der Waals surface area contributed by atoms with Gasteiger partial charge in [-0.3, -0.25) is 14.5 Å². The van der Waals surface area contributed by atoms with Gasteiger partial charge in [-0.15, -0.1) is 0 Å². The number of hydrogen-bond donors (Lipinski definition) is 2. The number of urea groups is 1. The first-order valence-electron chi connectivity index (χ1n) is 8.99. The number of ether oxygens (including phenoxy) is 1. The summed E-state index contributed by atoms with van der Waals surface area (Å²) in [6.45, 7) is 8.58. The van der Waals surface area contributed by atoms with Crippen LogP contribution in [0.5, 0.6) is 0 Å². The molecular weight excluding hydrogens is 364 g/mol. The van der Waals surface area contributed by atoms with Gasteiger partial charge in [-0.1, -0.05) is 0 Å². The van der Waals surface area contributed by atoms with Crippen molar-refractivity contribution in [3.8, 4) is 0 Å². The Hall–Kier alpha value is -2.94. The number of nitrogens with one attached hydrogen (secondary N) is 1. The summed E-state index contributed by atoms with van der Waals surface area (Å²) < 4.78 is 5.22. The number of anilines is 1. The lowest BCUT2D eigenvalue weighted by atomic mass is 10.1. The SMILES string of the molecule is CC(C)N1C(=O)c2ccc(NC(=O)N(CCN)C(=O)OC(C)(C)C)cc2C1=O. The van der Waals surface area contributed by atoms with E-state index in [2.05, 4.69) is 5.32 Å². The van der Waals surface area contributed by atoms with Crippen molar-refractivity contribution in [1.29, 1.82) is 0 Å². The van der Waals surface area contributed by atoms with E-state index in [9.17, 15) is 19.2 Å². The molecule has 2 rings (SSSR count). The molecule has 0 spiro atoms. The van der Waals surface area contributed by atoms with Crippen LogP contribution in [0.4, 0.5) is 15.3 Å². The van der Waals surface area contributed by atoms with Crippen LogP contribution in [0.25, 0.3) is 0 Å². The highest BCUT2D eigenvalue weighted by Gasteiger charge is 2.37. The molecule has 1 aromatic rings. The van der Waals surface area contributed by atoms with Crippen molar-refractivity contribution in [2.45, 2.75) is 46.3 Å². The van der Waals surface area contributed by atoms with Crippen LogP contribution in [0.3, 0.4) is 0 Å². The predicted molar refractivity (Wildman–Crippen MR) is 103 cm³/mol. The summed E-state index contributed by atoms with van der Waals surface area (Å²) >= 11 is 0. The number of fused-ring (bicyclic) bond motifs is 1. The van der Waals surface area contributed by atoms with Gasteiger partial charge in [-0.25, -0.2) is 14.5 Å². The number of hydrogen-bond acceptors (Lipinski definition) is 6. The fourth-order valence-corrected chi connectivity index (χ4v) is 2.72. The Bertz CT molecular complexity index is 813. The summed E-state index contributed by atoms with van der Waals surface area (Å²) in [7, 11) is 0. The molecule has 0 atom stereocenters. The smallest absolute Gasteiger partial charge is 0.418 e. The number of nitrogens with two attached hydrogens (primary N) is 1. The summed E-state index contributed by atoms with van der Waals surface area (Å²) in [5.74, 6) is -0.788. The Balaban J connectivity index is 2.21. The highest BCUT2D eigenvalue weighted by atomic mass is 16.6. The number of rotatable bonds is 4. The van der Waals surface area contributed by atoms with E-state index in [0.29, 0.717) is 0 Å². The highest BCUT2D eigenvalue weighted by molar-refractivity contribution is 6.22. The number of imide groups is 2. The second-order valence-corrected chi connectivity index (χ2v) is 7.69. The lowest BCUT2D eigenvalue weighted by Gasteiger charge is -2.26. The lowest BCUT2D eigenvalue weighted by Crippen LogP contribution is -2.45. The van der Waals surface area contributed by atoms with E-state index >= 15 is 0 Å². The van der Waals surface area contributed by atoms with Gasteiger partial charge in [-0.2, -0.15) is 0 Å². The first kappa shape index (κ1) is 21.4. The molecule has 9 heteroatoms.